The minimum atomic E-state index is -0.104. The number of rotatable bonds is 2. The maximum atomic E-state index is 11.5. The molecule has 0 saturated carbocycles. The van der Waals surface area contributed by atoms with Gasteiger partial charge in [-0.25, -0.2) is 0 Å². The summed E-state index contributed by atoms with van der Waals surface area (Å²) in [6.07, 6.45) is 2.95. The second-order valence-corrected chi connectivity index (χ2v) is 3.88. The summed E-state index contributed by atoms with van der Waals surface area (Å²) in [4.78, 5) is 15.6. The first-order valence-corrected chi connectivity index (χ1v) is 5.46. The number of aliphatic hydroxyl groups excluding tert-OH is 1. The van der Waals surface area contributed by atoms with Crippen LogP contribution in [-0.2, 0) is 4.79 Å². The monoisotopic (exact) mass is 231 g/mol. The molecule has 0 fully saturated rings. The molecule has 0 heterocycles. The van der Waals surface area contributed by atoms with E-state index in [-0.39, 0.29) is 22.9 Å². The number of phenols is 1. The maximum Gasteiger partial charge on any atom is 0.167 e. The number of carbonyl (C=O) groups excluding carboxylic acids is 1. The molecule has 1 aromatic carbocycles. The lowest BCUT2D eigenvalue weighted by Gasteiger charge is -2.11. The van der Waals surface area contributed by atoms with Gasteiger partial charge in [-0.05, 0) is 18.6 Å². The molecule has 1 aliphatic rings. The normalized spacial score (nSPS) is 16.8. The Bertz CT molecular complexity index is 503. The first kappa shape index (κ1) is 11.4. The number of allylic oxidation sites excluding steroid dienone is 2. The molecule has 17 heavy (non-hydrogen) atoms. The number of phenolic OH excluding ortho intramolecular Hbond substituents is 1. The fourth-order valence-electron chi connectivity index (χ4n) is 1.70. The Morgan fingerprint density at radius 3 is 2.65 bits per heavy atom. The molecule has 4 nitrogen and oxygen atoms in total. The van der Waals surface area contributed by atoms with Crippen LogP contribution in [0, 0.1) is 0 Å². The zero-order valence-corrected chi connectivity index (χ0v) is 9.26. The van der Waals surface area contributed by atoms with Crippen LogP contribution in [-0.4, -0.2) is 22.2 Å². The van der Waals surface area contributed by atoms with Gasteiger partial charge in [0.1, 0.15) is 17.2 Å². The van der Waals surface area contributed by atoms with Crippen molar-refractivity contribution >= 4 is 17.7 Å². The predicted molar refractivity (Wildman–Crippen MR) is 64.8 cm³/mol. The lowest BCUT2D eigenvalue weighted by atomic mass is 9.97. The summed E-state index contributed by atoms with van der Waals surface area (Å²) < 4.78 is 0. The highest BCUT2D eigenvalue weighted by molar-refractivity contribution is 6.14. The Hall–Kier alpha value is -2.10. The van der Waals surface area contributed by atoms with Gasteiger partial charge < -0.3 is 10.2 Å². The standard InChI is InChI=1S/C13H13NO3/c15-11-6-3-7-12(16)9(11)8-14-10-4-1-2-5-13(10)17/h1-2,4-5,8,15,17H,3,6-7H2. The topological polar surface area (TPSA) is 69.9 Å². The SMILES string of the molecule is O=C1CCCC(O)=C1C=Nc1ccccc1O. The third kappa shape index (κ3) is 2.53. The number of hydrogen-bond donors (Lipinski definition) is 2. The highest BCUT2D eigenvalue weighted by atomic mass is 16.3. The van der Waals surface area contributed by atoms with E-state index in [1.54, 1.807) is 18.2 Å². The molecule has 1 aliphatic carbocycles. The van der Waals surface area contributed by atoms with E-state index in [1.165, 1.54) is 12.3 Å². The van der Waals surface area contributed by atoms with Crippen molar-refractivity contribution in [2.75, 3.05) is 0 Å². The van der Waals surface area contributed by atoms with Crippen molar-refractivity contribution in [3.05, 3.63) is 35.6 Å². The van der Waals surface area contributed by atoms with Gasteiger partial charge in [0.25, 0.3) is 0 Å². The zero-order valence-electron chi connectivity index (χ0n) is 9.26. The number of Topliss-reactive ketones (excluding diaryl/α,β-unsaturated/α-hetero) is 1. The number of aliphatic imine (C=N–C) groups is 1. The fraction of sp³-hybridized carbons (Fsp3) is 0.231. The van der Waals surface area contributed by atoms with Crippen LogP contribution in [0.4, 0.5) is 5.69 Å². The van der Waals surface area contributed by atoms with Gasteiger partial charge in [-0.15, -0.1) is 0 Å². The molecule has 2 N–H and O–H groups in total. The minimum absolute atomic E-state index is 0.0482. The van der Waals surface area contributed by atoms with E-state index in [9.17, 15) is 15.0 Å². The van der Waals surface area contributed by atoms with Crippen LogP contribution in [0.2, 0.25) is 0 Å². The third-order valence-electron chi connectivity index (χ3n) is 2.64. The molecule has 0 radical (unpaired) electrons. The highest BCUT2D eigenvalue weighted by Gasteiger charge is 2.18. The van der Waals surface area contributed by atoms with Gasteiger partial charge in [0.05, 0.1) is 5.57 Å². The lowest BCUT2D eigenvalue weighted by Crippen LogP contribution is -2.12. The van der Waals surface area contributed by atoms with Crippen molar-refractivity contribution in [1.29, 1.82) is 0 Å². The van der Waals surface area contributed by atoms with Gasteiger partial charge in [-0.1, -0.05) is 12.1 Å². The number of carbonyl (C=O) groups is 1. The molecule has 88 valence electrons. The average Bonchev–Trinajstić information content (AvgIpc) is 2.30. The smallest absolute Gasteiger partial charge is 0.167 e. The average molecular weight is 231 g/mol. The number of aliphatic hydroxyl groups is 1. The number of nitrogens with zero attached hydrogens (tertiary/aromatic N) is 1. The lowest BCUT2D eigenvalue weighted by molar-refractivity contribution is -0.115. The fourth-order valence-corrected chi connectivity index (χ4v) is 1.70. The van der Waals surface area contributed by atoms with Crippen LogP contribution < -0.4 is 0 Å². The number of para-hydroxylation sites is 2. The van der Waals surface area contributed by atoms with E-state index in [0.717, 1.165) is 0 Å². The minimum Gasteiger partial charge on any atom is -0.512 e. The van der Waals surface area contributed by atoms with Crippen molar-refractivity contribution in [3.63, 3.8) is 0 Å². The van der Waals surface area contributed by atoms with E-state index in [2.05, 4.69) is 4.99 Å². The van der Waals surface area contributed by atoms with Crippen LogP contribution in [0.1, 0.15) is 19.3 Å². The first-order chi connectivity index (χ1) is 8.18. The van der Waals surface area contributed by atoms with Crippen molar-refractivity contribution in [2.24, 2.45) is 4.99 Å². The summed E-state index contributed by atoms with van der Waals surface area (Å²) in [7, 11) is 0. The van der Waals surface area contributed by atoms with Crippen LogP contribution in [0.15, 0.2) is 40.6 Å². The molecule has 0 unspecified atom stereocenters. The van der Waals surface area contributed by atoms with Gasteiger partial charge in [0.2, 0.25) is 0 Å². The molecule has 0 saturated heterocycles. The number of ketones is 1. The van der Waals surface area contributed by atoms with Gasteiger partial charge in [-0.2, -0.15) is 0 Å². The van der Waals surface area contributed by atoms with Crippen molar-refractivity contribution in [3.8, 4) is 5.75 Å². The van der Waals surface area contributed by atoms with Crippen LogP contribution in [0.5, 0.6) is 5.75 Å². The Labute approximate surface area is 98.9 Å². The zero-order chi connectivity index (χ0) is 12.3. The summed E-state index contributed by atoms with van der Waals surface area (Å²) in [5.74, 6) is 0.0282. The van der Waals surface area contributed by atoms with Crippen molar-refractivity contribution in [2.45, 2.75) is 19.3 Å². The molecule has 0 spiro atoms. The quantitative estimate of drug-likeness (QED) is 0.769. The summed E-state index contributed by atoms with van der Waals surface area (Å²) in [5.41, 5.74) is 0.630. The Morgan fingerprint density at radius 1 is 1.18 bits per heavy atom. The number of aromatic hydroxyl groups is 1. The van der Waals surface area contributed by atoms with Crippen LogP contribution in [0.25, 0.3) is 0 Å². The number of benzene rings is 1. The van der Waals surface area contributed by atoms with Gasteiger partial charge >= 0.3 is 0 Å². The molecule has 0 atom stereocenters. The largest absolute Gasteiger partial charge is 0.512 e. The molecule has 1 aromatic rings. The van der Waals surface area contributed by atoms with E-state index in [4.69, 9.17) is 0 Å². The van der Waals surface area contributed by atoms with E-state index < -0.39 is 0 Å². The van der Waals surface area contributed by atoms with E-state index in [0.29, 0.717) is 24.9 Å². The molecule has 2 rings (SSSR count). The summed E-state index contributed by atoms with van der Waals surface area (Å²) >= 11 is 0. The van der Waals surface area contributed by atoms with Crippen molar-refractivity contribution in [1.82, 2.24) is 0 Å². The summed E-state index contributed by atoms with van der Waals surface area (Å²) in [5, 5.41) is 19.1. The molecule has 0 aliphatic heterocycles. The maximum absolute atomic E-state index is 11.5. The Balaban J connectivity index is 2.27. The molecule has 0 bridgehead atoms. The second kappa shape index (κ2) is 4.82. The third-order valence-corrected chi connectivity index (χ3v) is 2.64. The Kier molecular flexibility index (Phi) is 3.23. The first-order valence-electron chi connectivity index (χ1n) is 5.46. The molecule has 0 amide bonds. The van der Waals surface area contributed by atoms with Crippen LogP contribution >= 0.6 is 0 Å². The van der Waals surface area contributed by atoms with Gasteiger partial charge in [-0.3, -0.25) is 9.79 Å². The number of hydrogen-bond acceptors (Lipinski definition) is 4. The summed E-state index contributed by atoms with van der Waals surface area (Å²) in [6, 6.07) is 6.58. The van der Waals surface area contributed by atoms with E-state index in [1.807, 2.05) is 0 Å². The van der Waals surface area contributed by atoms with Gasteiger partial charge in [0.15, 0.2) is 5.78 Å². The molecule has 4 heteroatoms. The van der Waals surface area contributed by atoms with Gasteiger partial charge in [0, 0.05) is 19.1 Å². The molecular weight excluding hydrogens is 218 g/mol. The van der Waals surface area contributed by atoms with Crippen molar-refractivity contribution < 1.29 is 15.0 Å². The van der Waals surface area contributed by atoms with Crippen LogP contribution in [0.3, 0.4) is 0 Å². The highest BCUT2D eigenvalue weighted by Crippen LogP contribution is 2.26. The predicted octanol–water partition coefficient (Wildman–Crippen LogP) is 2.66. The summed E-state index contributed by atoms with van der Waals surface area (Å²) in [6.45, 7) is 0. The van der Waals surface area contributed by atoms with E-state index >= 15 is 0 Å². The Morgan fingerprint density at radius 2 is 1.94 bits per heavy atom. The second-order valence-electron chi connectivity index (χ2n) is 3.88. The molecule has 0 aromatic heterocycles. The molecular formula is C13H13NO3.